The number of hydrogen-bond acceptors (Lipinski definition) is 4. The molecule has 0 aromatic heterocycles. The first-order chi connectivity index (χ1) is 7.69. The van der Waals surface area contributed by atoms with Gasteiger partial charge in [0.25, 0.3) is 0 Å². The van der Waals surface area contributed by atoms with Crippen LogP contribution in [0.3, 0.4) is 0 Å². The monoisotopic (exact) mass is 226 g/mol. The van der Waals surface area contributed by atoms with Gasteiger partial charge in [-0.2, -0.15) is 0 Å². The van der Waals surface area contributed by atoms with Gasteiger partial charge in [0.15, 0.2) is 0 Å². The molecule has 5 heteroatoms. The van der Waals surface area contributed by atoms with Crippen LogP contribution >= 0.6 is 0 Å². The van der Waals surface area contributed by atoms with Crippen LogP contribution < -0.4 is 10.6 Å². The maximum Gasteiger partial charge on any atom is 0.243 e. The summed E-state index contributed by atoms with van der Waals surface area (Å²) in [4.78, 5) is 22.4. The van der Waals surface area contributed by atoms with Gasteiger partial charge in [-0.15, -0.1) is 0 Å². The SMILES string of the molecule is CCOC1CC(NC2CCC(=O)NC2=O)C1. The highest BCUT2D eigenvalue weighted by atomic mass is 16.5. The summed E-state index contributed by atoms with van der Waals surface area (Å²) in [7, 11) is 0. The Morgan fingerprint density at radius 1 is 1.44 bits per heavy atom. The molecule has 0 bridgehead atoms. The molecular weight excluding hydrogens is 208 g/mol. The van der Waals surface area contributed by atoms with Crippen LogP contribution in [0.2, 0.25) is 0 Å². The molecule has 1 saturated carbocycles. The van der Waals surface area contributed by atoms with E-state index in [1.807, 2.05) is 6.92 Å². The average Bonchev–Trinajstić information content (AvgIpc) is 2.18. The van der Waals surface area contributed by atoms with E-state index in [1.54, 1.807) is 0 Å². The van der Waals surface area contributed by atoms with Crippen molar-refractivity contribution in [2.75, 3.05) is 6.61 Å². The third kappa shape index (κ3) is 2.59. The Morgan fingerprint density at radius 3 is 2.81 bits per heavy atom. The average molecular weight is 226 g/mol. The summed E-state index contributed by atoms with van der Waals surface area (Å²) in [5.74, 6) is -0.347. The van der Waals surface area contributed by atoms with E-state index in [4.69, 9.17) is 4.74 Å². The largest absolute Gasteiger partial charge is 0.378 e. The molecule has 1 aliphatic heterocycles. The molecule has 16 heavy (non-hydrogen) atoms. The third-order valence-electron chi connectivity index (χ3n) is 3.17. The molecule has 2 rings (SSSR count). The van der Waals surface area contributed by atoms with E-state index in [2.05, 4.69) is 10.6 Å². The highest BCUT2D eigenvalue weighted by Gasteiger charge is 2.34. The summed E-state index contributed by atoms with van der Waals surface area (Å²) in [6, 6.07) is 0.158. The summed E-state index contributed by atoms with van der Waals surface area (Å²) in [6.07, 6.45) is 3.32. The molecule has 1 saturated heterocycles. The number of hydrogen-bond donors (Lipinski definition) is 2. The highest BCUT2D eigenvalue weighted by Crippen LogP contribution is 2.24. The number of nitrogens with one attached hydrogen (secondary N) is 2. The Kier molecular flexibility index (Phi) is 3.56. The predicted octanol–water partition coefficient (Wildman–Crippen LogP) is -0.0513. The first-order valence-corrected chi connectivity index (χ1v) is 5.90. The number of amides is 2. The Hall–Kier alpha value is -0.940. The van der Waals surface area contributed by atoms with Crippen molar-refractivity contribution < 1.29 is 14.3 Å². The molecule has 0 radical (unpaired) electrons. The Labute approximate surface area is 94.9 Å². The van der Waals surface area contributed by atoms with Crippen LogP contribution in [0.1, 0.15) is 32.6 Å². The molecule has 2 amide bonds. The molecule has 0 aromatic rings. The Morgan fingerprint density at radius 2 is 2.19 bits per heavy atom. The molecule has 5 nitrogen and oxygen atoms in total. The molecule has 1 aliphatic carbocycles. The molecule has 90 valence electrons. The quantitative estimate of drug-likeness (QED) is 0.659. The van der Waals surface area contributed by atoms with Gasteiger partial charge in [-0.25, -0.2) is 0 Å². The van der Waals surface area contributed by atoms with Crippen LogP contribution in [0.25, 0.3) is 0 Å². The minimum atomic E-state index is -0.203. The number of ether oxygens (including phenoxy) is 1. The van der Waals surface area contributed by atoms with Crippen molar-refractivity contribution >= 4 is 11.8 Å². The van der Waals surface area contributed by atoms with Crippen LogP contribution in [0.15, 0.2) is 0 Å². The van der Waals surface area contributed by atoms with Gasteiger partial charge in [0.2, 0.25) is 11.8 Å². The van der Waals surface area contributed by atoms with Gasteiger partial charge in [0.05, 0.1) is 12.1 Å². The molecule has 1 heterocycles. The third-order valence-corrected chi connectivity index (χ3v) is 3.17. The Bertz CT molecular complexity index is 287. The van der Waals surface area contributed by atoms with Gasteiger partial charge in [-0.1, -0.05) is 0 Å². The fourth-order valence-electron chi connectivity index (χ4n) is 2.21. The minimum Gasteiger partial charge on any atom is -0.378 e. The zero-order chi connectivity index (χ0) is 11.5. The summed E-state index contributed by atoms with van der Waals surface area (Å²) in [5.41, 5.74) is 0. The van der Waals surface area contributed by atoms with Gasteiger partial charge in [0, 0.05) is 19.1 Å². The van der Waals surface area contributed by atoms with E-state index < -0.39 is 0 Å². The summed E-state index contributed by atoms with van der Waals surface area (Å²) in [6.45, 7) is 2.73. The number of imide groups is 1. The number of carbonyl (C=O) groups excluding carboxylic acids is 2. The molecule has 2 fully saturated rings. The fourth-order valence-corrected chi connectivity index (χ4v) is 2.21. The zero-order valence-corrected chi connectivity index (χ0v) is 9.49. The van der Waals surface area contributed by atoms with Crippen molar-refractivity contribution in [3.05, 3.63) is 0 Å². The van der Waals surface area contributed by atoms with E-state index in [1.165, 1.54) is 0 Å². The second-order valence-electron chi connectivity index (χ2n) is 4.42. The van der Waals surface area contributed by atoms with Gasteiger partial charge in [-0.3, -0.25) is 14.9 Å². The molecule has 1 unspecified atom stereocenters. The Balaban J connectivity index is 1.71. The van der Waals surface area contributed by atoms with Crippen molar-refractivity contribution in [2.24, 2.45) is 0 Å². The van der Waals surface area contributed by atoms with E-state index >= 15 is 0 Å². The van der Waals surface area contributed by atoms with Gasteiger partial charge in [-0.05, 0) is 26.2 Å². The van der Waals surface area contributed by atoms with Crippen molar-refractivity contribution in [3.8, 4) is 0 Å². The lowest BCUT2D eigenvalue weighted by molar-refractivity contribution is -0.135. The normalized spacial score (nSPS) is 34.4. The standard InChI is InChI=1S/C11H18N2O3/c1-2-16-8-5-7(6-8)12-9-3-4-10(14)13-11(9)15/h7-9,12H,2-6H2,1H3,(H,13,14,15). The van der Waals surface area contributed by atoms with E-state index in [-0.39, 0.29) is 17.9 Å². The number of rotatable bonds is 4. The van der Waals surface area contributed by atoms with Gasteiger partial charge in [0.1, 0.15) is 0 Å². The van der Waals surface area contributed by atoms with Gasteiger partial charge < -0.3 is 10.1 Å². The van der Waals surface area contributed by atoms with Gasteiger partial charge >= 0.3 is 0 Å². The lowest BCUT2D eigenvalue weighted by Gasteiger charge is -2.38. The van der Waals surface area contributed by atoms with Crippen LogP contribution in [0, 0.1) is 0 Å². The minimum absolute atomic E-state index is 0.163. The van der Waals surface area contributed by atoms with Crippen LogP contribution in [-0.4, -0.2) is 36.6 Å². The highest BCUT2D eigenvalue weighted by molar-refractivity contribution is 6.00. The topological polar surface area (TPSA) is 67.4 Å². The summed E-state index contributed by atoms with van der Waals surface area (Å²) in [5, 5.41) is 5.62. The van der Waals surface area contributed by atoms with Crippen LogP contribution in [0.5, 0.6) is 0 Å². The van der Waals surface area contributed by atoms with Crippen molar-refractivity contribution in [1.82, 2.24) is 10.6 Å². The second kappa shape index (κ2) is 4.93. The number of piperidine rings is 1. The zero-order valence-electron chi connectivity index (χ0n) is 9.49. The lowest BCUT2D eigenvalue weighted by Crippen LogP contribution is -2.57. The van der Waals surface area contributed by atoms with Crippen molar-refractivity contribution in [3.63, 3.8) is 0 Å². The van der Waals surface area contributed by atoms with Crippen LogP contribution in [0.4, 0.5) is 0 Å². The van der Waals surface area contributed by atoms with E-state index in [0.717, 1.165) is 19.4 Å². The first kappa shape index (κ1) is 11.5. The lowest BCUT2D eigenvalue weighted by atomic mass is 9.88. The molecule has 1 atom stereocenters. The summed E-state index contributed by atoms with van der Waals surface area (Å²) >= 11 is 0. The first-order valence-electron chi connectivity index (χ1n) is 5.90. The number of carbonyl (C=O) groups is 2. The maximum atomic E-state index is 11.5. The molecule has 2 aliphatic rings. The fraction of sp³-hybridized carbons (Fsp3) is 0.818. The molecule has 2 N–H and O–H groups in total. The molecule has 0 spiro atoms. The predicted molar refractivity (Wildman–Crippen MR) is 57.7 cm³/mol. The molecular formula is C11H18N2O3. The summed E-state index contributed by atoms with van der Waals surface area (Å²) < 4.78 is 5.45. The second-order valence-corrected chi connectivity index (χ2v) is 4.42. The van der Waals surface area contributed by atoms with E-state index in [0.29, 0.717) is 25.0 Å². The van der Waals surface area contributed by atoms with Crippen LogP contribution in [-0.2, 0) is 14.3 Å². The van der Waals surface area contributed by atoms with Crippen molar-refractivity contribution in [2.45, 2.75) is 50.8 Å². The maximum absolute atomic E-state index is 11.5. The smallest absolute Gasteiger partial charge is 0.243 e. The van der Waals surface area contributed by atoms with Crippen molar-refractivity contribution in [1.29, 1.82) is 0 Å². The molecule has 0 aromatic carbocycles. The van der Waals surface area contributed by atoms with E-state index in [9.17, 15) is 9.59 Å².